The molecule has 2 saturated heterocycles. The number of carbonyl (C=O) groups excluding carboxylic acids is 1. The van der Waals surface area contributed by atoms with Crippen molar-refractivity contribution in [2.24, 2.45) is 0 Å². The second-order valence-corrected chi connectivity index (χ2v) is 5.59. The first-order valence-electron chi connectivity index (χ1n) is 7.41. The third-order valence-electron chi connectivity index (χ3n) is 4.50. The van der Waals surface area contributed by atoms with Gasteiger partial charge in [0.05, 0.1) is 12.6 Å². The molecular formula is C16H22N2O2. The molecule has 0 spiro atoms. The third-order valence-corrected chi connectivity index (χ3v) is 4.50. The lowest BCUT2D eigenvalue weighted by Crippen LogP contribution is -2.52. The van der Waals surface area contributed by atoms with Gasteiger partial charge in [0.15, 0.2) is 0 Å². The van der Waals surface area contributed by atoms with Crippen LogP contribution in [0.15, 0.2) is 30.3 Å². The van der Waals surface area contributed by atoms with Crippen molar-refractivity contribution in [2.45, 2.75) is 31.3 Å². The lowest BCUT2D eigenvalue weighted by atomic mass is 9.95. The highest BCUT2D eigenvalue weighted by molar-refractivity contribution is 5.95. The Kier molecular flexibility index (Phi) is 4.03. The molecule has 108 valence electrons. The zero-order valence-corrected chi connectivity index (χ0v) is 12.0. The molecule has 0 unspecified atom stereocenters. The SMILES string of the molecule is COCCN1CC[C@@H]2[C@H]1CCC(=O)N2c1ccccc1. The Morgan fingerprint density at radius 1 is 1.20 bits per heavy atom. The van der Waals surface area contributed by atoms with Crippen LogP contribution in [0.4, 0.5) is 5.69 Å². The van der Waals surface area contributed by atoms with E-state index in [9.17, 15) is 4.79 Å². The molecular weight excluding hydrogens is 252 g/mol. The molecule has 0 aromatic heterocycles. The van der Waals surface area contributed by atoms with E-state index in [-0.39, 0.29) is 5.91 Å². The van der Waals surface area contributed by atoms with Gasteiger partial charge in [0.1, 0.15) is 0 Å². The summed E-state index contributed by atoms with van der Waals surface area (Å²) in [5.74, 6) is 0.269. The molecule has 0 bridgehead atoms. The quantitative estimate of drug-likeness (QED) is 0.840. The first-order chi connectivity index (χ1) is 9.81. The molecule has 1 amide bonds. The summed E-state index contributed by atoms with van der Waals surface area (Å²) in [7, 11) is 1.74. The smallest absolute Gasteiger partial charge is 0.227 e. The lowest BCUT2D eigenvalue weighted by Gasteiger charge is -2.39. The van der Waals surface area contributed by atoms with Crippen molar-refractivity contribution in [3.63, 3.8) is 0 Å². The van der Waals surface area contributed by atoms with Crippen molar-refractivity contribution < 1.29 is 9.53 Å². The summed E-state index contributed by atoms with van der Waals surface area (Å²) in [6.07, 6.45) is 2.70. The van der Waals surface area contributed by atoms with Gasteiger partial charge in [0.25, 0.3) is 0 Å². The Hall–Kier alpha value is -1.39. The van der Waals surface area contributed by atoms with E-state index in [1.165, 1.54) is 0 Å². The molecule has 1 aromatic rings. The Labute approximate surface area is 120 Å². The molecule has 1 aromatic carbocycles. The Balaban J connectivity index is 1.79. The molecule has 20 heavy (non-hydrogen) atoms. The predicted molar refractivity (Wildman–Crippen MR) is 78.8 cm³/mol. The average Bonchev–Trinajstić information content (AvgIpc) is 2.89. The topological polar surface area (TPSA) is 32.8 Å². The average molecular weight is 274 g/mol. The third kappa shape index (κ3) is 2.45. The molecule has 0 saturated carbocycles. The second-order valence-electron chi connectivity index (χ2n) is 5.59. The van der Waals surface area contributed by atoms with Gasteiger partial charge in [0, 0.05) is 38.3 Å². The van der Waals surface area contributed by atoms with Crippen LogP contribution in [0.25, 0.3) is 0 Å². The number of amides is 1. The van der Waals surface area contributed by atoms with Crippen LogP contribution in [0, 0.1) is 0 Å². The number of piperidine rings is 1. The van der Waals surface area contributed by atoms with Crippen molar-refractivity contribution >= 4 is 11.6 Å². The standard InChI is InChI=1S/C16H22N2O2/c1-20-12-11-17-10-9-15-14(17)7-8-16(19)18(15)13-5-3-2-4-6-13/h2-6,14-15H,7-12H2,1H3/t14-,15-/m1/s1. The highest BCUT2D eigenvalue weighted by Gasteiger charge is 2.43. The number of fused-ring (bicyclic) bond motifs is 1. The van der Waals surface area contributed by atoms with Crippen molar-refractivity contribution in [1.29, 1.82) is 0 Å². The number of methoxy groups -OCH3 is 1. The van der Waals surface area contributed by atoms with Crippen LogP contribution in [-0.2, 0) is 9.53 Å². The normalized spacial score (nSPS) is 26.9. The summed E-state index contributed by atoms with van der Waals surface area (Å²) in [5.41, 5.74) is 1.04. The molecule has 2 heterocycles. The fourth-order valence-electron chi connectivity index (χ4n) is 3.56. The summed E-state index contributed by atoms with van der Waals surface area (Å²) in [4.78, 5) is 16.9. The van der Waals surface area contributed by atoms with Gasteiger partial charge in [-0.05, 0) is 25.0 Å². The fourth-order valence-corrected chi connectivity index (χ4v) is 3.56. The Bertz CT molecular complexity index is 463. The number of likely N-dealkylation sites (tertiary alicyclic amines) is 1. The van der Waals surface area contributed by atoms with Crippen LogP contribution in [0.3, 0.4) is 0 Å². The summed E-state index contributed by atoms with van der Waals surface area (Å²) < 4.78 is 5.19. The molecule has 2 aliphatic rings. The van der Waals surface area contributed by atoms with Gasteiger partial charge < -0.3 is 9.64 Å². The minimum atomic E-state index is 0.269. The number of carbonyl (C=O) groups is 1. The first-order valence-corrected chi connectivity index (χ1v) is 7.41. The van der Waals surface area contributed by atoms with E-state index >= 15 is 0 Å². The summed E-state index contributed by atoms with van der Waals surface area (Å²) in [6.45, 7) is 2.80. The minimum Gasteiger partial charge on any atom is -0.383 e. The molecule has 0 N–H and O–H groups in total. The molecule has 4 heteroatoms. The van der Waals surface area contributed by atoms with Gasteiger partial charge in [-0.15, -0.1) is 0 Å². The van der Waals surface area contributed by atoms with Gasteiger partial charge in [-0.2, -0.15) is 0 Å². The minimum absolute atomic E-state index is 0.269. The van der Waals surface area contributed by atoms with Crippen LogP contribution in [0.2, 0.25) is 0 Å². The van der Waals surface area contributed by atoms with Gasteiger partial charge in [-0.1, -0.05) is 18.2 Å². The van der Waals surface area contributed by atoms with Gasteiger partial charge >= 0.3 is 0 Å². The van der Waals surface area contributed by atoms with Gasteiger partial charge in [0.2, 0.25) is 5.91 Å². The summed E-state index contributed by atoms with van der Waals surface area (Å²) in [6, 6.07) is 10.9. The van der Waals surface area contributed by atoms with Crippen molar-refractivity contribution in [1.82, 2.24) is 4.90 Å². The van der Waals surface area contributed by atoms with E-state index in [0.717, 1.165) is 38.2 Å². The van der Waals surface area contributed by atoms with E-state index in [0.29, 0.717) is 18.5 Å². The first kappa shape index (κ1) is 13.6. The highest BCUT2D eigenvalue weighted by Crippen LogP contribution is 2.34. The van der Waals surface area contributed by atoms with Crippen LogP contribution >= 0.6 is 0 Å². The number of hydrogen-bond donors (Lipinski definition) is 0. The monoisotopic (exact) mass is 274 g/mol. The van der Waals surface area contributed by atoms with Gasteiger partial charge in [-0.3, -0.25) is 9.69 Å². The van der Waals surface area contributed by atoms with E-state index < -0.39 is 0 Å². The zero-order chi connectivity index (χ0) is 13.9. The number of ether oxygens (including phenoxy) is 1. The number of rotatable bonds is 4. The molecule has 2 fully saturated rings. The van der Waals surface area contributed by atoms with E-state index in [1.54, 1.807) is 7.11 Å². The molecule has 3 rings (SSSR count). The summed E-state index contributed by atoms with van der Waals surface area (Å²) >= 11 is 0. The number of para-hydroxylation sites is 1. The Morgan fingerprint density at radius 3 is 2.75 bits per heavy atom. The highest BCUT2D eigenvalue weighted by atomic mass is 16.5. The van der Waals surface area contributed by atoms with Crippen molar-refractivity contribution in [3.8, 4) is 0 Å². The molecule has 0 radical (unpaired) electrons. The molecule has 4 nitrogen and oxygen atoms in total. The maximum Gasteiger partial charge on any atom is 0.227 e. The fraction of sp³-hybridized carbons (Fsp3) is 0.562. The van der Waals surface area contributed by atoms with E-state index in [1.807, 2.05) is 35.2 Å². The number of benzene rings is 1. The largest absolute Gasteiger partial charge is 0.383 e. The summed E-state index contributed by atoms with van der Waals surface area (Å²) in [5, 5.41) is 0. The number of anilines is 1. The lowest BCUT2D eigenvalue weighted by molar-refractivity contribution is -0.120. The van der Waals surface area contributed by atoms with Crippen LogP contribution in [-0.4, -0.2) is 49.7 Å². The van der Waals surface area contributed by atoms with Gasteiger partial charge in [-0.25, -0.2) is 0 Å². The molecule has 0 aliphatic carbocycles. The maximum absolute atomic E-state index is 12.3. The van der Waals surface area contributed by atoms with Crippen LogP contribution in [0.1, 0.15) is 19.3 Å². The van der Waals surface area contributed by atoms with E-state index in [2.05, 4.69) is 4.90 Å². The number of hydrogen-bond acceptors (Lipinski definition) is 3. The predicted octanol–water partition coefficient (Wildman–Crippen LogP) is 1.90. The molecule has 2 aliphatic heterocycles. The van der Waals surface area contributed by atoms with Crippen LogP contribution < -0.4 is 4.90 Å². The van der Waals surface area contributed by atoms with Crippen LogP contribution in [0.5, 0.6) is 0 Å². The van der Waals surface area contributed by atoms with E-state index in [4.69, 9.17) is 4.74 Å². The Morgan fingerprint density at radius 2 is 2.00 bits per heavy atom. The zero-order valence-electron chi connectivity index (χ0n) is 12.0. The number of nitrogens with zero attached hydrogens (tertiary/aromatic N) is 2. The maximum atomic E-state index is 12.3. The van der Waals surface area contributed by atoms with Crippen molar-refractivity contribution in [2.75, 3.05) is 31.7 Å². The van der Waals surface area contributed by atoms with Crippen molar-refractivity contribution in [3.05, 3.63) is 30.3 Å². The molecule has 2 atom stereocenters. The second kappa shape index (κ2) is 5.94.